The van der Waals surface area contributed by atoms with Crippen LogP contribution in [0.25, 0.3) is 0 Å². The van der Waals surface area contributed by atoms with Crippen molar-refractivity contribution >= 4 is 49.3 Å². The van der Waals surface area contributed by atoms with E-state index in [9.17, 15) is 4.79 Å². The number of anilines is 2. The van der Waals surface area contributed by atoms with Crippen LogP contribution in [0.2, 0.25) is 0 Å². The lowest BCUT2D eigenvalue weighted by Gasteiger charge is -2.06. The summed E-state index contributed by atoms with van der Waals surface area (Å²) in [5, 5.41) is 2.69. The summed E-state index contributed by atoms with van der Waals surface area (Å²) in [6.07, 6.45) is 1.77. The van der Waals surface area contributed by atoms with Gasteiger partial charge in [-0.25, -0.2) is 9.97 Å². The zero-order valence-electron chi connectivity index (χ0n) is 9.73. The number of nitrogens with one attached hydrogen (secondary N) is 1. The van der Waals surface area contributed by atoms with Crippen molar-refractivity contribution in [3.63, 3.8) is 0 Å². The first kappa shape index (κ1) is 14.0. The van der Waals surface area contributed by atoms with Crippen LogP contribution in [0.3, 0.4) is 0 Å². The van der Waals surface area contributed by atoms with E-state index < -0.39 is 0 Å². The van der Waals surface area contributed by atoms with E-state index in [4.69, 9.17) is 5.73 Å². The number of nitrogens with two attached hydrogens (primary N) is 1. The van der Waals surface area contributed by atoms with E-state index in [0.29, 0.717) is 20.7 Å². The molecule has 0 aliphatic heterocycles. The first-order valence-electron chi connectivity index (χ1n) is 5.37. The predicted molar refractivity (Wildman–Crippen MR) is 80.6 cm³/mol. The summed E-state index contributed by atoms with van der Waals surface area (Å²) in [6, 6.07) is 7.16. The van der Waals surface area contributed by atoms with Crippen molar-refractivity contribution in [1.82, 2.24) is 9.97 Å². The first-order chi connectivity index (χ1) is 9.04. The van der Waals surface area contributed by atoms with E-state index in [1.807, 2.05) is 12.1 Å². The Hall–Kier alpha value is -1.47. The van der Waals surface area contributed by atoms with Gasteiger partial charge in [-0.05, 0) is 49.6 Å². The van der Waals surface area contributed by atoms with Crippen LogP contribution in [-0.4, -0.2) is 15.9 Å². The average molecular weight is 386 g/mol. The molecule has 0 atom stereocenters. The highest BCUT2D eigenvalue weighted by Crippen LogP contribution is 2.19. The van der Waals surface area contributed by atoms with E-state index in [2.05, 4.69) is 47.1 Å². The summed E-state index contributed by atoms with van der Waals surface area (Å²) < 4.78 is 1.07. The number of carbonyl (C=O) groups excluding carboxylic acids is 1. The van der Waals surface area contributed by atoms with Crippen molar-refractivity contribution in [2.45, 2.75) is 6.42 Å². The molecule has 0 fully saturated rings. The molecule has 98 valence electrons. The van der Waals surface area contributed by atoms with E-state index in [1.54, 1.807) is 12.1 Å². The Balaban J connectivity index is 2.03. The van der Waals surface area contributed by atoms with Crippen LogP contribution in [0, 0.1) is 0 Å². The third kappa shape index (κ3) is 4.00. The maximum absolute atomic E-state index is 11.9. The maximum atomic E-state index is 11.9. The van der Waals surface area contributed by atoms with Gasteiger partial charge in [0.2, 0.25) is 5.91 Å². The van der Waals surface area contributed by atoms with Gasteiger partial charge in [-0.1, -0.05) is 12.1 Å². The summed E-state index contributed by atoms with van der Waals surface area (Å²) in [7, 11) is 0. The minimum Gasteiger partial charge on any atom is -0.399 e. The highest BCUT2D eigenvalue weighted by molar-refractivity contribution is 9.11. The van der Waals surface area contributed by atoms with Gasteiger partial charge in [-0.2, -0.15) is 0 Å². The lowest BCUT2D eigenvalue weighted by molar-refractivity contribution is -0.115. The van der Waals surface area contributed by atoms with Gasteiger partial charge in [-0.15, -0.1) is 0 Å². The fraction of sp³-hybridized carbons (Fsp3) is 0.0833. The molecule has 0 aliphatic carbocycles. The molecule has 0 bridgehead atoms. The second-order valence-corrected chi connectivity index (χ2v) is 5.36. The highest BCUT2D eigenvalue weighted by atomic mass is 79.9. The molecule has 0 saturated heterocycles. The van der Waals surface area contributed by atoms with Gasteiger partial charge >= 0.3 is 0 Å². The summed E-state index contributed by atoms with van der Waals surface area (Å²) in [4.78, 5) is 20.0. The van der Waals surface area contributed by atoms with Crippen LogP contribution >= 0.6 is 31.9 Å². The summed E-state index contributed by atoms with van der Waals surface area (Å²) in [5.41, 5.74) is 7.14. The van der Waals surface area contributed by atoms with Crippen molar-refractivity contribution < 1.29 is 4.79 Å². The van der Waals surface area contributed by atoms with E-state index >= 15 is 0 Å². The maximum Gasteiger partial charge on any atom is 0.230 e. The van der Waals surface area contributed by atoms with Gasteiger partial charge in [-0.3, -0.25) is 4.79 Å². The molecule has 2 aromatic rings. The number of nitrogens with zero attached hydrogens (tertiary/aromatic N) is 2. The minimum absolute atomic E-state index is 0.165. The zero-order valence-corrected chi connectivity index (χ0v) is 12.9. The Bertz CT molecular complexity index is 601. The third-order valence-electron chi connectivity index (χ3n) is 2.30. The molecule has 1 amide bonds. The van der Waals surface area contributed by atoms with Gasteiger partial charge < -0.3 is 11.1 Å². The van der Waals surface area contributed by atoms with Crippen LogP contribution in [0.15, 0.2) is 39.7 Å². The van der Waals surface area contributed by atoms with Gasteiger partial charge in [0.05, 0.1) is 12.6 Å². The van der Waals surface area contributed by atoms with E-state index in [-0.39, 0.29) is 12.3 Å². The average Bonchev–Trinajstić information content (AvgIpc) is 2.36. The normalized spacial score (nSPS) is 10.2. The number of amides is 1. The number of carbonyl (C=O) groups is 1. The van der Waals surface area contributed by atoms with Gasteiger partial charge in [0.25, 0.3) is 0 Å². The Morgan fingerprint density at radius 3 is 2.58 bits per heavy atom. The molecule has 1 aromatic heterocycles. The van der Waals surface area contributed by atoms with Crippen LogP contribution in [0.1, 0.15) is 5.56 Å². The molecule has 1 aromatic carbocycles. The standard InChI is InChI=1S/C12H10Br2N4O/c13-9-6-16-12(11(14)17-9)18-10(19)5-7-1-3-8(15)4-2-7/h1-4,6H,5,15H2,(H,16,18,19). The van der Waals surface area contributed by atoms with Crippen LogP contribution in [0.4, 0.5) is 11.5 Å². The second-order valence-electron chi connectivity index (χ2n) is 3.80. The number of nitrogen functional groups attached to an aromatic ring is 1. The minimum atomic E-state index is -0.165. The Kier molecular flexibility index (Phi) is 4.49. The summed E-state index contributed by atoms with van der Waals surface area (Å²) in [6.45, 7) is 0. The zero-order chi connectivity index (χ0) is 13.8. The topological polar surface area (TPSA) is 80.9 Å². The van der Waals surface area contributed by atoms with Crippen LogP contribution < -0.4 is 11.1 Å². The van der Waals surface area contributed by atoms with Crippen molar-refractivity contribution in [3.8, 4) is 0 Å². The molecule has 0 aliphatic rings. The number of hydrogen-bond donors (Lipinski definition) is 2. The molecule has 0 radical (unpaired) electrons. The fourth-order valence-corrected chi connectivity index (χ4v) is 2.34. The van der Waals surface area contributed by atoms with E-state index in [1.165, 1.54) is 6.20 Å². The lowest BCUT2D eigenvalue weighted by atomic mass is 10.1. The number of aromatic nitrogens is 2. The molecule has 1 heterocycles. The molecular weight excluding hydrogens is 376 g/mol. The van der Waals surface area contributed by atoms with Gasteiger partial charge in [0, 0.05) is 5.69 Å². The third-order valence-corrected chi connectivity index (χ3v) is 3.24. The van der Waals surface area contributed by atoms with Gasteiger partial charge in [0.15, 0.2) is 5.82 Å². The Morgan fingerprint density at radius 1 is 1.26 bits per heavy atom. The number of benzene rings is 1. The fourth-order valence-electron chi connectivity index (χ4n) is 1.43. The monoisotopic (exact) mass is 384 g/mol. The largest absolute Gasteiger partial charge is 0.399 e. The van der Waals surface area contributed by atoms with Crippen LogP contribution in [-0.2, 0) is 11.2 Å². The summed E-state index contributed by atoms with van der Waals surface area (Å²) >= 11 is 6.43. The second kappa shape index (κ2) is 6.12. The Morgan fingerprint density at radius 2 is 1.95 bits per heavy atom. The smallest absolute Gasteiger partial charge is 0.230 e. The summed E-state index contributed by atoms with van der Waals surface area (Å²) in [5.74, 6) is 0.228. The van der Waals surface area contributed by atoms with Crippen molar-refractivity contribution in [1.29, 1.82) is 0 Å². The van der Waals surface area contributed by atoms with Crippen molar-refractivity contribution in [3.05, 3.63) is 45.2 Å². The highest BCUT2D eigenvalue weighted by Gasteiger charge is 2.09. The quantitative estimate of drug-likeness (QED) is 0.796. The van der Waals surface area contributed by atoms with Crippen molar-refractivity contribution in [2.24, 2.45) is 0 Å². The molecule has 0 saturated carbocycles. The molecular formula is C12H10Br2N4O. The van der Waals surface area contributed by atoms with Gasteiger partial charge in [0.1, 0.15) is 9.21 Å². The molecule has 0 spiro atoms. The molecule has 5 nitrogen and oxygen atoms in total. The number of halogens is 2. The molecule has 3 N–H and O–H groups in total. The first-order valence-corrected chi connectivity index (χ1v) is 6.95. The number of hydrogen-bond acceptors (Lipinski definition) is 4. The van der Waals surface area contributed by atoms with Crippen molar-refractivity contribution in [2.75, 3.05) is 11.1 Å². The van der Waals surface area contributed by atoms with Crippen LogP contribution in [0.5, 0.6) is 0 Å². The predicted octanol–water partition coefficient (Wildman–Crippen LogP) is 2.77. The molecule has 19 heavy (non-hydrogen) atoms. The number of rotatable bonds is 3. The molecule has 7 heteroatoms. The van der Waals surface area contributed by atoms with E-state index in [0.717, 1.165) is 5.56 Å². The molecule has 2 rings (SSSR count). The SMILES string of the molecule is Nc1ccc(CC(=O)Nc2ncc(Br)nc2Br)cc1. The lowest BCUT2D eigenvalue weighted by Crippen LogP contribution is -2.16. The Labute approximate surface area is 126 Å². The molecule has 0 unspecified atom stereocenters.